The number of hydrogen-bond acceptors (Lipinski definition) is 19. The van der Waals surface area contributed by atoms with Crippen LogP contribution >= 0.6 is 11.8 Å². The van der Waals surface area contributed by atoms with E-state index in [1.807, 2.05) is 4.90 Å². The number of H-pyrrole nitrogens is 1. The number of ketones is 2. The van der Waals surface area contributed by atoms with E-state index in [1.165, 1.54) is 21.0 Å². The van der Waals surface area contributed by atoms with Crippen molar-refractivity contribution < 1.29 is 91.7 Å². The number of aromatic amines is 1. The quantitative estimate of drug-likeness (QED) is 0.0624. The number of carbonyl (C=O) groups excluding carboxylic acids is 12. The fourth-order valence-corrected chi connectivity index (χ4v) is 16.2. The van der Waals surface area contributed by atoms with Gasteiger partial charge in [0, 0.05) is 110 Å². The molecule has 32 heteroatoms. The molecule has 3 fully saturated rings. The van der Waals surface area contributed by atoms with Crippen LogP contribution in [0.2, 0.25) is 0 Å². The van der Waals surface area contributed by atoms with E-state index in [0.29, 0.717) is 99.8 Å². The molecule has 1 aromatic heterocycles. The number of carboxylic acids is 1. The third-order valence-electron chi connectivity index (χ3n) is 20.0. The zero-order valence-corrected chi connectivity index (χ0v) is 58.7. The molecule has 5 aliphatic rings. The van der Waals surface area contributed by atoms with E-state index < -0.39 is 193 Å². The number of fused-ring (bicyclic) bond motifs is 5. The van der Waals surface area contributed by atoms with Crippen LogP contribution in [0.1, 0.15) is 142 Å². The van der Waals surface area contributed by atoms with E-state index >= 15 is 9.00 Å². The highest BCUT2D eigenvalue weighted by Crippen LogP contribution is 2.39. The smallest absolute Gasteiger partial charge is 0.306 e. The number of aliphatic carboxylic acids is 1. The molecule has 14 N–H and O–H groups in total. The predicted molar refractivity (Wildman–Crippen MR) is 362 cm³/mol. The third-order valence-corrected chi connectivity index (χ3v) is 22.8. The molecule has 1 aromatic carbocycles. The van der Waals surface area contributed by atoms with Crippen molar-refractivity contribution in [2.24, 2.45) is 47.2 Å². The minimum atomic E-state index is -2.42. The minimum absolute atomic E-state index is 0.00643. The summed E-state index contributed by atoms with van der Waals surface area (Å²) in [6.07, 6.45) is 1.15. The standard InChI is InChI=1S/C67H99N11O19S2/c1-6-35(2)45-25-41(80)29-71-61(89)40-23-46-44-15-16-53(97-5)47(33-98-43-17-20-77(21-18-43)57(87)10-8-7-9-19-69-60(88)39-13-11-38(12-14-39)28-70-55(85)22-36(3)67(94)95)59(44)76-65(46)99(96)34-49(73-56(86)30-72-62(45)90)63(91)74-48(27-54(68)84)66(93)78-31-42(81)26-50(78)64(92)75-58(51(82)24-40)37(4)52(83)32-79/h15-16,35-40,42-43,45,48-50,52,58,76,79,81,83H,6-14,17-34H2,1-5H3,(H2,68,84)(H,69,88)(H,70,85)(H,71,89)(H,72,90)(H,73,86)(H,74,91)(H,75,92)(H,94,95)/t35-,36?,37-,38?,39?,40+,42+,45-,48-,49-,50-,52-,58-,99?/m0/s1. The number of Topliss-reactive ketones (excluding diaryl/α,β-unsaturated/α-hetero) is 2. The molecule has 2 aromatic rings. The summed E-state index contributed by atoms with van der Waals surface area (Å²) in [5.74, 6) is -14.6. The van der Waals surface area contributed by atoms with E-state index in [4.69, 9.17) is 15.6 Å². The summed E-state index contributed by atoms with van der Waals surface area (Å²) in [7, 11) is -0.963. The Balaban J connectivity index is 1.12. The van der Waals surface area contributed by atoms with Gasteiger partial charge in [0.05, 0.1) is 79.5 Å². The Hall–Kier alpha value is -7.55. The number of methoxy groups -OCH3 is 1. The Kier molecular flexibility index (Phi) is 29.6. The van der Waals surface area contributed by atoms with Crippen LogP contribution in [-0.2, 0) is 85.3 Å². The largest absolute Gasteiger partial charge is 0.496 e. The summed E-state index contributed by atoms with van der Waals surface area (Å²) in [6, 6.07) is -3.66. The van der Waals surface area contributed by atoms with Gasteiger partial charge in [-0.05, 0) is 87.3 Å². The van der Waals surface area contributed by atoms with Crippen LogP contribution in [0.3, 0.4) is 0 Å². The lowest BCUT2D eigenvalue weighted by Gasteiger charge is -2.32. The van der Waals surface area contributed by atoms with Crippen LogP contribution in [-0.4, -0.2) is 223 Å². The van der Waals surface area contributed by atoms with E-state index in [9.17, 15) is 72.9 Å². The number of nitrogens with one attached hydrogen (secondary N) is 8. The Bertz CT molecular complexity index is 3320. The zero-order chi connectivity index (χ0) is 72.4. The van der Waals surface area contributed by atoms with Gasteiger partial charge >= 0.3 is 5.97 Å². The second-order valence-electron chi connectivity index (χ2n) is 27.2. The monoisotopic (exact) mass is 1430 g/mol. The second kappa shape index (κ2) is 37.2. The Labute approximate surface area is 581 Å². The molecule has 2 unspecified atom stereocenters. The molecule has 99 heavy (non-hydrogen) atoms. The van der Waals surface area contributed by atoms with Crippen LogP contribution in [0.15, 0.2) is 17.2 Å². The first-order chi connectivity index (χ1) is 47.1. The van der Waals surface area contributed by atoms with Gasteiger partial charge in [0.15, 0.2) is 11.6 Å². The highest BCUT2D eigenvalue weighted by atomic mass is 32.2. The number of piperidine rings is 1. The highest BCUT2D eigenvalue weighted by molar-refractivity contribution is 7.99. The summed E-state index contributed by atoms with van der Waals surface area (Å²) in [6.45, 7) is 5.50. The van der Waals surface area contributed by atoms with Gasteiger partial charge in [0.2, 0.25) is 59.1 Å². The van der Waals surface area contributed by atoms with Crippen molar-refractivity contribution in [1.82, 2.24) is 52.0 Å². The molecule has 2 saturated heterocycles. The molecule has 1 saturated carbocycles. The van der Waals surface area contributed by atoms with Crippen molar-refractivity contribution in [2.45, 2.75) is 189 Å². The average Bonchev–Trinajstić information content (AvgIpc) is 1.62. The van der Waals surface area contributed by atoms with Gasteiger partial charge in [-0.15, -0.1) is 0 Å². The van der Waals surface area contributed by atoms with E-state index in [0.717, 1.165) is 24.2 Å². The molecular formula is C67H99N11O19S2. The van der Waals surface area contributed by atoms with Crippen molar-refractivity contribution in [3.05, 3.63) is 23.3 Å². The maximum absolute atomic E-state index is 15.5. The number of aliphatic hydroxyl groups is 3. The van der Waals surface area contributed by atoms with E-state index in [2.05, 4.69) is 42.2 Å². The first-order valence-electron chi connectivity index (χ1n) is 34.4. The van der Waals surface area contributed by atoms with Crippen LogP contribution < -0.4 is 47.7 Å². The molecule has 2 bridgehead atoms. The van der Waals surface area contributed by atoms with Gasteiger partial charge in [-0.3, -0.25) is 66.5 Å². The predicted octanol–water partition coefficient (Wildman–Crippen LogP) is -0.502. The number of carbonyl (C=O) groups is 13. The van der Waals surface area contributed by atoms with E-state index in [-0.39, 0.29) is 64.0 Å². The lowest BCUT2D eigenvalue weighted by atomic mass is 9.81. The summed E-state index contributed by atoms with van der Waals surface area (Å²) in [4.78, 5) is 184. The Morgan fingerprint density at radius 3 is 2.22 bits per heavy atom. The van der Waals surface area contributed by atoms with Gasteiger partial charge < -0.3 is 82.9 Å². The SMILES string of the molecule is CC[C@H](C)[C@@H]1CC(=O)CNC(=O)[C@H]2CC(=O)[C@H]([C@@H](C)[C@@H](O)CO)NC(=O)[C@@H]3C[C@@H](O)CN3C(=O)[C@H](CC(N)=O)NC(=O)[C@H](CS(=O)c3[nH]c4c(CSC5CCN(C(=O)CCCCCNC(=O)C6CCC(CNC(=O)CC(C)C(=O)O)CC6)CC5)c(OC)ccc4c3C2)NC(=O)CNC1=O. The van der Waals surface area contributed by atoms with Gasteiger partial charge in [-0.2, -0.15) is 11.8 Å². The second-order valence-corrected chi connectivity index (χ2v) is 29.9. The fraction of sp³-hybridized carbons (Fsp3) is 0.687. The first kappa shape index (κ1) is 78.8. The number of primary amides is 1. The van der Waals surface area contributed by atoms with Crippen molar-refractivity contribution in [2.75, 3.05) is 65.3 Å². The molecule has 10 amide bonds. The summed E-state index contributed by atoms with van der Waals surface area (Å²) < 4.78 is 21.4. The molecular weight excluding hydrogens is 1330 g/mol. The fourth-order valence-electron chi connectivity index (χ4n) is 13.6. The zero-order valence-electron chi connectivity index (χ0n) is 57.0. The number of hydrogen-bond donors (Lipinski definition) is 13. The van der Waals surface area contributed by atoms with Crippen molar-refractivity contribution in [1.29, 1.82) is 0 Å². The number of ether oxygens (including phenoxy) is 1. The number of benzene rings is 1. The molecule has 548 valence electrons. The Morgan fingerprint density at radius 2 is 1.56 bits per heavy atom. The molecule has 30 nitrogen and oxygen atoms in total. The number of aromatic nitrogens is 1. The molecule has 7 rings (SSSR count). The molecule has 0 radical (unpaired) electrons. The molecule has 1 aliphatic carbocycles. The molecule has 5 heterocycles. The maximum atomic E-state index is 15.5. The number of thioether (sulfide) groups is 1. The number of likely N-dealkylation sites (tertiary alicyclic amines) is 1. The molecule has 0 spiro atoms. The number of nitrogens with two attached hydrogens (primary N) is 1. The van der Waals surface area contributed by atoms with Crippen molar-refractivity contribution in [3.63, 3.8) is 0 Å². The van der Waals surface area contributed by atoms with Gasteiger partial charge in [0.25, 0.3) is 0 Å². The first-order valence-corrected chi connectivity index (χ1v) is 36.8. The van der Waals surface area contributed by atoms with Crippen LogP contribution in [0, 0.1) is 41.4 Å². The van der Waals surface area contributed by atoms with Crippen molar-refractivity contribution >= 4 is 110 Å². The lowest BCUT2D eigenvalue weighted by molar-refractivity contribution is -0.144. The van der Waals surface area contributed by atoms with Gasteiger partial charge in [-0.25, -0.2) is 0 Å². The summed E-state index contributed by atoms with van der Waals surface area (Å²) in [5.41, 5.74) is 6.78. The van der Waals surface area contributed by atoms with Crippen LogP contribution in [0.4, 0.5) is 0 Å². The average molecular weight is 1430 g/mol. The number of amides is 10. The maximum Gasteiger partial charge on any atom is 0.306 e. The summed E-state index contributed by atoms with van der Waals surface area (Å²) in [5, 5.41) is 60.1. The van der Waals surface area contributed by atoms with Crippen LogP contribution in [0.25, 0.3) is 10.9 Å². The number of nitrogens with zero attached hydrogens (tertiary/aromatic N) is 2. The number of aliphatic hydroxyl groups excluding tert-OH is 3. The Morgan fingerprint density at radius 1 is 0.848 bits per heavy atom. The molecule has 4 aliphatic heterocycles. The van der Waals surface area contributed by atoms with Crippen LogP contribution in [0.5, 0.6) is 5.75 Å². The number of rotatable bonds is 23. The topological polar surface area (TPSA) is 462 Å². The number of unbranched alkanes of at least 4 members (excludes halogenated alkanes) is 2. The summed E-state index contributed by atoms with van der Waals surface area (Å²) >= 11 is 1.59. The third kappa shape index (κ3) is 21.7. The number of carboxylic acid groups (broad SMARTS) is 1. The normalized spacial score (nSPS) is 26.5. The van der Waals surface area contributed by atoms with E-state index in [1.54, 1.807) is 37.7 Å². The highest BCUT2D eigenvalue weighted by Gasteiger charge is 2.45. The lowest BCUT2D eigenvalue weighted by Crippen LogP contribution is -2.60. The van der Waals surface area contributed by atoms with Gasteiger partial charge in [0.1, 0.15) is 28.9 Å². The van der Waals surface area contributed by atoms with Crippen molar-refractivity contribution in [3.8, 4) is 5.75 Å². The molecule has 12 atom stereocenters. The van der Waals surface area contributed by atoms with Gasteiger partial charge in [-0.1, -0.05) is 40.5 Å². The minimum Gasteiger partial charge on any atom is -0.496 e.